The molecule has 0 aliphatic carbocycles. The van der Waals surface area contributed by atoms with Crippen LogP contribution in [-0.2, 0) is 17.8 Å². The highest BCUT2D eigenvalue weighted by molar-refractivity contribution is 7.15. The summed E-state index contributed by atoms with van der Waals surface area (Å²) >= 11 is 2.95. The Morgan fingerprint density at radius 3 is 1.90 bits per heavy atom. The molecule has 4 unspecified atom stereocenters. The number of aryl methyl sites for hydroxylation is 1. The molecule has 268 valence electrons. The van der Waals surface area contributed by atoms with Gasteiger partial charge in [-0.2, -0.15) is 10.2 Å². The summed E-state index contributed by atoms with van der Waals surface area (Å²) in [6.45, 7) is 10.6. The molecule has 51 heavy (non-hydrogen) atoms. The van der Waals surface area contributed by atoms with Gasteiger partial charge in [-0.05, 0) is 70.0 Å². The minimum absolute atomic E-state index is 0.0379. The number of thiazole rings is 2. The smallest absolute Gasteiger partial charge is 0.180 e. The van der Waals surface area contributed by atoms with Crippen molar-refractivity contribution in [3.8, 4) is 34.0 Å². The van der Waals surface area contributed by atoms with E-state index in [2.05, 4.69) is 15.1 Å². The van der Waals surface area contributed by atoms with Crippen LogP contribution in [0.15, 0.2) is 60.9 Å². The molecule has 14 heteroatoms. The van der Waals surface area contributed by atoms with Gasteiger partial charge in [-0.25, -0.2) is 9.97 Å². The van der Waals surface area contributed by atoms with Gasteiger partial charge < -0.3 is 30.2 Å². The van der Waals surface area contributed by atoms with Crippen LogP contribution < -0.4 is 15.2 Å². The second-order valence-electron chi connectivity index (χ2n) is 12.4. The first-order valence-corrected chi connectivity index (χ1v) is 18.2. The quantitative estimate of drug-likeness (QED) is 0.138. The Bertz CT molecular complexity index is 2080. The van der Waals surface area contributed by atoms with Crippen LogP contribution in [0.4, 0.5) is 5.13 Å². The van der Waals surface area contributed by atoms with Gasteiger partial charge >= 0.3 is 0 Å². The Balaban J connectivity index is 0.000000176. The molecule has 0 amide bonds. The topological polar surface area (TPSA) is 156 Å². The van der Waals surface area contributed by atoms with Crippen LogP contribution in [0.3, 0.4) is 0 Å². The van der Waals surface area contributed by atoms with Gasteiger partial charge in [0.1, 0.15) is 29.0 Å². The number of nitrogens with zero attached hydrogens (tertiary/aromatic N) is 6. The number of nitrogens with two attached hydrogens (primary N) is 1. The molecule has 0 bridgehead atoms. The van der Waals surface area contributed by atoms with Crippen molar-refractivity contribution in [2.24, 2.45) is 0 Å². The lowest BCUT2D eigenvalue weighted by Gasteiger charge is -2.14. The van der Waals surface area contributed by atoms with Crippen molar-refractivity contribution in [1.29, 1.82) is 0 Å². The van der Waals surface area contributed by atoms with E-state index in [1.807, 2.05) is 86.4 Å². The average molecular weight is 730 g/mol. The average Bonchev–Trinajstić information content (AvgIpc) is 3.89. The van der Waals surface area contributed by atoms with Crippen molar-refractivity contribution >= 4 is 27.8 Å². The number of rotatable bonds is 9. The van der Waals surface area contributed by atoms with E-state index in [0.717, 1.165) is 59.9 Å². The molecule has 0 fully saturated rings. The summed E-state index contributed by atoms with van der Waals surface area (Å²) in [7, 11) is 3.30. The van der Waals surface area contributed by atoms with Crippen molar-refractivity contribution in [2.45, 2.75) is 72.1 Å². The van der Waals surface area contributed by atoms with Gasteiger partial charge in [0.25, 0.3) is 0 Å². The molecule has 0 radical (unpaired) electrons. The molecule has 4 atom stereocenters. The SMILES string of the molecule is COc1ccc(Cn2cc(-c3nc(C)sc3C(C)O)c(C(C)O)n2)cc1.COc1ccc(Cn2cc3c(n2)C(C)OC(C)c2sc(N)nc2-3)cc1. The number of nitrogen functional groups attached to an aromatic ring is 1. The van der Waals surface area contributed by atoms with E-state index >= 15 is 0 Å². The highest BCUT2D eigenvalue weighted by Gasteiger charge is 2.30. The molecule has 1 aliphatic rings. The summed E-state index contributed by atoms with van der Waals surface area (Å²) < 4.78 is 20.2. The fourth-order valence-corrected chi connectivity index (χ4v) is 7.73. The largest absolute Gasteiger partial charge is 0.497 e. The van der Waals surface area contributed by atoms with E-state index in [9.17, 15) is 10.2 Å². The Morgan fingerprint density at radius 1 is 0.784 bits per heavy atom. The highest BCUT2D eigenvalue weighted by Crippen LogP contribution is 2.44. The van der Waals surface area contributed by atoms with Crippen molar-refractivity contribution in [1.82, 2.24) is 29.5 Å². The summed E-state index contributed by atoms with van der Waals surface area (Å²) in [6.07, 6.45) is 2.44. The zero-order valence-corrected chi connectivity index (χ0v) is 31.3. The highest BCUT2D eigenvalue weighted by atomic mass is 32.1. The molecule has 0 saturated heterocycles. The fraction of sp³-hybridized carbons (Fsp3) is 0.351. The lowest BCUT2D eigenvalue weighted by Crippen LogP contribution is -2.06. The third kappa shape index (κ3) is 8.00. The maximum absolute atomic E-state index is 10.2. The van der Waals surface area contributed by atoms with Crippen LogP contribution in [-0.4, -0.2) is 54.0 Å². The Kier molecular flexibility index (Phi) is 10.9. The Labute approximate surface area is 305 Å². The van der Waals surface area contributed by atoms with Crippen LogP contribution in [0, 0.1) is 6.92 Å². The molecule has 0 saturated carbocycles. The van der Waals surface area contributed by atoms with Crippen LogP contribution in [0.2, 0.25) is 0 Å². The maximum Gasteiger partial charge on any atom is 0.180 e. The van der Waals surface area contributed by atoms with Gasteiger partial charge in [-0.3, -0.25) is 9.36 Å². The van der Waals surface area contributed by atoms with Gasteiger partial charge in [0, 0.05) is 23.5 Å². The van der Waals surface area contributed by atoms with Gasteiger partial charge in [-0.15, -0.1) is 11.3 Å². The zero-order valence-electron chi connectivity index (χ0n) is 29.7. The first kappa shape index (κ1) is 36.2. The molecule has 7 rings (SSSR count). The number of aromatic nitrogens is 6. The fourth-order valence-electron chi connectivity index (χ4n) is 6.01. The van der Waals surface area contributed by atoms with Crippen LogP contribution in [0.5, 0.6) is 11.5 Å². The molecule has 2 aromatic carbocycles. The van der Waals surface area contributed by atoms with Crippen molar-refractivity contribution in [3.63, 3.8) is 0 Å². The van der Waals surface area contributed by atoms with E-state index in [1.165, 1.54) is 22.7 Å². The predicted octanol–water partition coefficient (Wildman–Crippen LogP) is 7.28. The van der Waals surface area contributed by atoms with E-state index < -0.39 is 12.2 Å². The van der Waals surface area contributed by atoms with Gasteiger partial charge in [0.05, 0.1) is 71.8 Å². The number of benzene rings is 2. The number of aliphatic hydroxyl groups excluding tert-OH is 2. The molecule has 4 N–H and O–H groups in total. The van der Waals surface area contributed by atoms with Crippen LogP contribution >= 0.6 is 22.7 Å². The Hall–Kier alpha value is -4.60. The van der Waals surface area contributed by atoms with Crippen molar-refractivity contribution in [2.75, 3.05) is 20.0 Å². The third-order valence-corrected chi connectivity index (χ3v) is 10.7. The van der Waals surface area contributed by atoms with Gasteiger partial charge in [-0.1, -0.05) is 35.6 Å². The molecule has 12 nitrogen and oxygen atoms in total. The third-order valence-electron chi connectivity index (χ3n) is 8.47. The summed E-state index contributed by atoms with van der Waals surface area (Å²) in [6, 6.07) is 15.8. The minimum Gasteiger partial charge on any atom is -0.497 e. The minimum atomic E-state index is -0.731. The molecular weight excluding hydrogens is 687 g/mol. The lowest BCUT2D eigenvalue weighted by molar-refractivity contribution is 0.00747. The summed E-state index contributed by atoms with van der Waals surface area (Å²) in [5, 5.41) is 31.0. The number of anilines is 1. The van der Waals surface area contributed by atoms with E-state index in [0.29, 0.717) is 29.6 Å². The molecule has 0 spiro atoms. The number of methoxy groups -OCH3 is 2. The van der Waals surface area contributed by atoms with E-state index in [4.69, 9.17) is 25.0 Å². The number of hydrogen-bond donors (Lipinski definition) is 3. The summed E-state index contributed by atoms with van der Waals surface area (Å²) in [4.78, 5) is 10.9. The normalized spacial score (nSPS) is 16.3. The van der Waals surface area contributed by atoms with E-state index in [1.54, 1.807) is 32.7 Å². The van der Waals surface area contributed by atoms with Crippen molar-refractivity contribution < 1.29 is 24.4 Å². The lowest BCUT2D eigenvalue weighted by atomic mass is 10.1. The standard InChI is InChI=1S/C19H23N3O3S.C18H20N4O2S/c1-11(23)17-16(18-19(12(2)24)26-13(3)20-18)10-22(21-17)9-14-5-7-15(25-4)8-6-14;1-10-15-14(16-17(11(2)24-10)25-18(19)20-16)9-22(21-15)8-12-4-6-13(23-3)7-5-12/h5-8,10-12,23-24H,9H2,1-4H3;4-7,9-11H,8H2,1-3H3,(H2,19,20). The Morgan fingerprint density at radius 2 is 1.35 bits per heavy atom. The first-order valence-electron chi connectivity index (χ1n) is 16.6. The monoisotopic (exact) mass is 729 g/mol. The second kappa shape index (κ2) is 15.3. The summed E-state index contributed by atoms with van der Waals surface area (Å²) in [5.41, 5.74) is 13.0. The molecule has 5 heterocycles. The zero-order chi connectivity index (χ0) is 36.4. The van der Waals surface area contributed by atoms with E-state index in [-0.39, 0.29) is 12.2 Å². The molecule has 6 aromatic rings. The molecule has 1 aliphatic heterocycles. The maximum atomic E-state index is 10.2. The molecule has 4 aromatic heterocycles. The number of fused-ring (bicyclic) bond motifs is 3. The molecular formula is C37H43N7O5S2. The van der Waals surface area contributed by atoms with Crippen molar-refractivity contribution in [3.05, 3.63) is 98.2 Å². The van der Waals surface area contributed by atoms with Crippen LogP contribution in [0.1, 0.15) is 89.4 Å². The predicted molar refractivity (Wildman–Crippen MR) is 199 cm³/mol. The van der Waals surface area contributed by atoms with Gasteiger partial charge in [0.2, 0.25) is 0 Å². The first-order chi connectivity index (χ1) is 24.4. The summed E-state index contributed by atoms with van der Waals surface area (Å²) in [5.74, 6) is 1.65. The number of ether oxygens (including phenoxy) is 3. The number of hydrogen-bond acceptors (Lipinski definition) is 12. The number of aliphatic hydroxyl groups is 2. The van der Waals surface area contributed by atoms with Gasteiger partial charge in [0.15, 0.2) is 5.13 Å². The van der Waals surface area contributed by atoms with Crippen LogP contribution in [0.25, 0.3) is 22.5 Å². The second-order valence-corrected chi connectivity index (χ2v) is 14.7.